The molecule has 6 nitrogen and oxygen atoms in total. The average Bonchev–Trinajstić information content (AvgIpc) is 2.92. The molecule has 2 fully saturated rings. The lowest BCUT2D eigenvalue weighted by Gasteiger charge is -2.38. The first kappa shape index (κ1) is 25.8. The Morgan fingerprint density at radius 2 is 1.41 bits per heavy atom. The van der Waals surface area contributed by atoms with Crippen molar-refractivity contribution in [1.82, 2.24) is 19.8 Å². The van der Waals surface area contributed by atoms with E-state index in [1.165, 1.54) is 36.0 Å². The summed E-state index contributed by atoms with van der Waals surface area (Å²) in [5.41, 5.74) is 5.93. The molecule has 37 heavy (non-hydrogen) atoms. The minimum Gasteiger partial charge on any atom is -0.390 e. The monoisotopic (exact) mass is 499 g/mol. The molecular weight excluding hydrogens is 458 g/mol. The van der Waals surface area contributed by atoms with E-state index in [1.54, 1.807) is 0 Å². The number of hydrogen-bond donors (Lipinski definition) is 1. The Kier molecular flexibility index (Phi) is 8.49. The van der Waals surface area contributed by atoms with Gasteiger partial charge in [-0.15, -0.1) is 0 Å². The van der Waals surface area contributed by atoms with E-state index in [2.05, 4.69) is 64.9 Å². The van der Waals surface area contributed by atoms with Crippen LogP contribution in [0.25, 0.3) is 11.4 Å². The predicted molar refractivity (Wildman–Crippen MR) is 151 cm³/mol. The fraction of sp³-hybridized carbons (Fsp3) is 0.484. The maximum Gasteiger partial charge on any atom is 0.161 e. The van der Waals surface area contributed by atoms with E-state index in [0.717, 1.165) is 81.7 Å². The largest absolute Gasteiger partial charge is 0.390 e. The predicted octanol–water partition coefficient (Wildman–Crippen LogP) is 4.32. The number of hydrogen-bond acceptors (Lipinski definition) is 6. The minimum absolute atomic E-state index is 0.285. The van der Waals surface area contributed by atoms with Crippen molar-refractivity contribution in [2.75, 3.05) is 57.3 Å². The first-order valence-electron chi connectivity index (χ1n) is 13.9. The molecule has 1 N–H and O–H groups in total. The number of aromatic nitrogens is 2. The number of rotatable bonds is 8. The molecule has 1 atom stereocenters. The summed E-state index contributed by atoms with van der Waals surface area (Å²) in [5.74, 6) is 1.85. The van der Waals surface area contributed by atoms with E-state index in [-0.39, 0.29) is 6.10 Å². The van der Waals surface area contributed by atoms with Crippen molar-refractivity contribution in [2.45, 2.75) is 45.6 Å². The molecule has 0 radical (unpaired) electrons. The van der Waals surface area contributed by atoms with Crippen LogP contribution in [0.1, 0.15) is 41.6 Å². The number of likely N-dealkylation sites (tertiary alicyclic amines) is 1. The van der Waals surface area contributed by atoms with Crippen molar-refractivity contribution in [2.24, 2.45) is 0 Å². The van der Waals surface area contributed by atoms with Gasteiger partial charge in [-0.05, 0) is 50.9 Å². The molecule has 0 bridgehead atoms. The quantitative estimate of drug-likeness (QED) is 0.498. The lowest BCUT2D eigenvalue weighted by molar-refractivity contribution is 0.0651. The molecule has 2 aliphatic rings. The van der Waals surface area contributed by atoms with Crippen molar-refractivity contribution in [3.8, 4) is 11.4 Å². The topological polar surface area (TPSA) is 55.7 Å². The molecule has 0 unspecified atom stereocenters. The number of piperazine rings is 1. The maximum atomic E-state index is 10.8. The van der Waals surface area contributed by atoms with Crippen LogP contribution in [0.15, 0.2) is 54.6 Å². The van der Waals surface area contributed by atoms with Crippen LogP contribution in [0.4, 0.5) is 5.82 Å². The first-order chi connectivity index (χ1) is 18.1. The van der Waals surface area contributed by atoms with Crippen molar-refractivity contribution in [3.63, 3.8) is 0 Å². The summed E-state index contributed by atoms with van der Waals surface area (Å²) in [6, 6.07) is 18.9. The molecule has 0 saturated carbocycles. The van der Waals surface area contributed by atoms with Gasteiger partial charge in [-0.1, -0.05) is 61.0 Å². The Balaban J connectivity index is 1.32. The highest BCUT2D eigenvalue weighted by atomic mass is 16.3. The van der Waals surface area contributed by atoms with Gasteiger partial charge in [0.15, 0.2) is 5.82 Å². The number of benzene rings is 2. The lowest BCUT2D eigenvalue weighted by atomic mass is 9.99. The Labute approximate surface area is 222 Å². The third-order valence-electron chi connectivity index (χ3n) is 7.91. The van der Waals surface area contributed by atoms with Crippen molar-refractivity contribution >= 4 is 5.82 Å². The Bertz CT molecular complexity index is 1150. The number of piperidine rings is 1. The van der Waals surface area contributed by atoms with Crippen LogP contribution in [-0.4, -0.2) is 83.3 Å². The molecule has 0 aliphatic carbocycles. The molecule has 0 spiro atoms. The second kappa shape index (κ2) is 12.2. The average molecular weight is 500 g/mol. The van der Waals surface area contributed by atoms with Gasteiger partial charge < -0.3 is 14.9 Å². The maximum absolute atomic E-state index is 10.8. The molecule has 0 amide bonds. The number of anilines is 1. The van der Waals surface area contributed by atoms with Crippen molar-refractivity contribution < 1.29 is 5.11 Å². The number of nitrogens with zero attached hydrogens (tertiary/aromatic N) is 5. The third-order valence-corrected chi connectivity index (χ3v) is 7.91. The summed E-state index contributed by atoms with van der Waals surface area (Å²) in [6.07, 6.45) is 4.40. The second-order valence-electron chi connectivity index (χ2n) is 10.7. The molecule has 6 heteroatoms. The molecule has 2 saturated heterocycles. The highest BCUT2D eigenvalue weighted by molar-refractivity contribution is 5.61. The smallest absolute Gasteiger partial charge is 0.161 e. The van der Waals surface area contributed by atoms with Gasteiger partial charge in [-0.25, -0.2) is 9.97 Å². The molecule has 1 aromatic heterocycles. The van der Waals surface area contributed by atoms with Gasteiger partial charge in [0.25, 0.3) is 0 Å². The molecule has 3 aromatic rings. The fourth-order valence-corrected chi connectivity index (χ4v) is 5.70. The van der Waals surface area contributed by atoms with Crippen molar-refractivity contribution in [1.29, 1.82) is 0 Å². The van der Waals surface area contributed by atoms with Crippen LogP contribution < -0.4 is 4.90 Å². The summed E-state index contributed by atoms with van der Waals surface area (Å²) in [4.78, 5) is 17.4. The zero-order valence-electron chi connectivity index (χ0n) is 22.4. The number of aliphatic hydroxyl groups excluding tert-OH is 1. The van der Waals surface area contributed by atoms with E-state index < -0.39 is 0 Å². The molecule has 3 heterocycles. The Hall–Kier alpha value is -2.80. The standard InChI is InChI=1S/C31H41N5O/c1-24-11-7-8-14-27(24)21-29-25(2)32-30(26-12-5-3-6-13-26)33-31(29)36-19-17-35(18-20-36)23-28(37)22-34-15-9-4-10-16-34/h3,5-8,11-14,28,37H,4,9-10,15-23H2,1-2H3/t28-/m0/s1. The van der Waals surface area contributed by atoms with E-state index in [0.29, 0.717) is 0 Å². The van der Waals surface area contributed by atoms with E-state index in [9.17, 15) is 5.11 Å². The highest BCUT2D eigenvalue weighted by Crippen LogP contribution is 2.29. The number of aliphatic hydroxyl groups is 1. The van der Waals surface area contributed by atoms with E-state index >= 15 is 0 Å². The van der Waals surface area contributed by atoms with Gasteiger partial charge in [0.1, 0.15) is 5.82 Å². The molecule has 2 aromatic carbocycles. The van der Waals surface area contributed by atoms with Crippen LogP contribution in [0.3, 0.4) is 0 Å². The minimum atomic E-state index is -0.285. The van der Waals surface area contributed by atoms with Crippen LogP contribution in [0, 0.1) is 13.8 Å². The highest BCUT2D eigenvalue weighted by Gasteiger charge is 2.25. The van der Waals surface area contributed by atoms with Gasteiger partial charge in [0.05, 0.1) is 6.10 Å². The summed E-state index contributed by atoms with van der Waals surface area (Å²) >= 11 is 0. The number of aryl methyl sites for hydroxylation is 2. The first-order valence-corrected chi connectivity index (χ1v) is 13.9. The molecule has 2 aliphatic heterocycles. The molecule has 196 valence electrons. The summed E-state index contributed by atoms with van der Waals surface area (Å²) in [7, 11) is 0. The lowest BCUT2D eigenvalue weighted by Crippen LogP contribution is -2.50. The van der Waals surface area contributed by atoms with E-state index in [1.807, 2.05) is 18.2 Å². The fourth-order valence-electron chi connectivity index (χ4n) is 5.70. The van der Waals surface area contributed by atoms with E-state index in [4.69, 9.17) is 9.97 Å². The molecule has 5 rings (SSSR count). The summed E-state index contributed by atoms with van der Waals surface area (Å²) in [5, 5.41) is 10.8. The normalized spacial score (nSPS) is 18.2. The number of β-amino-alcohol motifs (C(OH)–C–C–N with tert-alkyl or cyclic N) is 1. The Morgan fingerprint density at radius 3 is 2.11 bits per heavy atom. The van der Waals surface area contributed by atoms with Crippen LogP contribution in [0.2, 0.25) is 0 Å². The Morgan fingerprint density at radius 1 is 0.757 bits per heavy atom. The second-order valence-corrected chi connectivity index (χ2v) is 10.7. The van der Waals surface area contributed by atoms with Crippen molar-refractivity contribution in [3.05, 3.63) is 77.0 Å². The van der Waals surface area contributed by atoms with Crippen LogP contribution in [-0.2, 0) is 6.42 Å². The zero-order valence-corrected chi connectivity index (χ0v) is 22.4. The molecular formula is C31H41N5O. The van der Waals surface area contributed by atoms with Gasteiger partial charge >= 0.3 is 0 Å². The summed E-state index contributed by atoms with van der Waals surface area (Å²) < 4.78 is 0. The zero-order chi connectivity index (χ0) is 25.6. The van der Waals surface area contributed by atoms with Crippen LogP contribution >= 0.6 is 0 Å². The van der Waals surface area contributed by atoms with Crippen LogP contribution in [0.5, 0.6) is 0 Å². The van der Waals surface area contributed by atoms with Gasteiger partial charge in [0, 0.05) is 62.5 Å². The summed E-state index contributed by atoms with van der Waals surface area (Å²) in [6.45, 7) is 11.8. The van der Waals surface area contributed by atoms with Gasteiger partial charge in [-0.2, -0.15) is 0 Å². The van der Waals surface area contributed by atoms with Gasteiger partial charge in [-0.3, -0.25) is 4.90 Å². The third kappa shape index (κ3) is 6.56. The van der Waals surface area contributed by atoms with Gasteiger partial charge in [0.2, 0.25) is 0 Å². The SMILES string of the molecule is Cc1ccccc1Cc1c(C)nc(-c2ccccc2)nc1N1CCN(C[C@@H](O)CN2CCCCC2)CC1.